The standard InChI is InChI=1S/C15H14FN3OS2/c1-8-13(22-10(3)17-8)14-18-19-15(20-14)21-9(2)11-4-6-12(16)7-5-11/h4-7,9H,1-3H3. The van der Waals surface area contributed by atoms with Crippen molar-refractivity contribution in [1.82, 2.24) is 15.2 Å². The third-order valence-electron chi connectivity index (χ3n) is 3.12. The molecule has 0 aliphatic carbocycles. The van der Waals surface area contributed by atoms with Gasteiger partial charge in [-0.2, -0.15) is 0 Å². The van der Waals surface area contributed by atoms with Crippen LogP contribution in [0.1, 0.15) is 28.4 Å². The van der Waals surface area contributed by atoms with Crippen LogP contribution in [0.5, 0.6) is 0 Å². The lowest BCUT2D eigenvalue weighted by molar-refractivity contribution is 0.465. The Hall–Kier alpha value is -1.73. The highest BCUT2D eigenvalue weighted by Gasteiger charge is 2.17. The summed E-state index contributed by atoms with van der Waals surface area (Å²) in [7, 11) is 0. The predicted molar refractivity (Wildman–Crippen MR) is 85.6 cm³/mol. The maximum absolute atomic E-state index is 13.0. The lowest BCUT2D eigenvalue weighted by Crippen LogP contribution is -1.88. The average Bonchev–Trinajstić information content (AvgIpc) is 3.06. The average molecular weight is 335 g/mol. The zero-order valence-corrected chi connectivity index (χ0v) is 14.0. The molecule has 114 valence electrons. The SMILES string of the molecule is Cc1nc(C)c(-c2nnc(SC(C)c3ccc(F)cc3)o2)s1. The fourth-order valence-electron chi connectivity index (χ4n) is 2.03. The molecule has 3 aromatic rings. The Bertz CT molecular complexity index is 782. The predicted octanol–water partition coefficient (Wildman–Crippen LogP) is 4.80. The van der Waals surface area contributed by atoms with Crippen molar-refractivity contribution in [2.24, 2.45) is 0 Å². The van der Waals surface area contributed by atoms with Gasteiger partial charge in [-0.15, -0.1) is 21.5 Å². The van der Waals surface area contributed by atoms with Gasteiger partial charge in [0.2, 0.25) is 0 Å². The monoisotopic (exact) mass is 335 g/mol. The molecule has 4 nitrogen and oxygen atoms in total. The van der Waals surface area contributed by atoms with E-state index in [4.69, 9.17) is 4.42 Å². The zero-order valence-electron chi connectivity index (χ0n) is 12.3. The lowest BCUT2D eigenvalue weighted by Gasteiger charge is -2.07. The zero-order chi connectivity index (χ0) is 15.7. The number of aromatic nitrogens is 3. The van der Waals surface area contributed by atoms with Crippen LogP contribution in [0.15, 0.2) is 33.9 Å². The second-order valence-corrected chi connectivity index (χ2v) is 7.33. The van der Waals surface area contributed by atoms with Gasteiger partial charge in [0.1, 0.15) is 10.7 Å². The molecule has 0 aliphatic heterocycles. The van der Waals surface area contributed by atoms with E-state index in [1.165, 1.54) is 35.2 Å². The van der Waals surface area contributed by atoms with E-state index in [1.807, 2.05) is 20.8 Å². The van der Waals surface area contributed by atoms with Crippen LogP contribution in [0.2, 0.25) is 0 Å². The lowest BCUT2D eigenvalue weighted by atomic mass is 10.2. The first-order valence-electron chi connectivity index (χ1n) is 6.73. The fourth-order valence-corrected chi connectivity index (χ4v) is 3.68. The third kappa shape index (κ3) is 3.20. The summed E-state index contributed by atoms with van der Waals surface area (Å²) in [5.41, 5.74) is 1.91. The summed E-state index contributed by atoms with van der Waals surface area (Å²) < 4.78 is 18.7. The Morgan fingerprint density at radius 1 is 1.18 bits per heavy atom. The minimum Gasteiger partial charge on any atom is -0.410 e. The number of rotatable bonds is 4. The van der Waals surface area contributed by atoms with E-state index in [2.05, 4.69) is 15.2 Å². The molecule has 1 atom stereocenters. The molecule has 0 aliphatic rings. The van der Waals surface area contributed by atoms with E-state index in [0.29, 0.717) is 11.1 Å². The van der Waals surface area contributed by atoms with E-state index in [-0.39, 0.29) is 11.1 Å². The molecule has 0 spiro atoms. The van der Waals surface area contributed by atoms with Crippen LogP contribution >= 0.6 is 23.1 Å². The molecule has 2 aromatic heterocycles. The van der Waals surface area contributed by atoms with Gasteiger partial charge >= 0.3 is 0 Å². The Morgan fingerprint density at radius 3 is 2.55 bits per heavy atom. The Labute approximate surface area is 135 Å². The number of thioether (sulfide) groups is 1. The maximum atomic E-state index is 13.0. The molecule has 22 heavy (non-hydrogen) atoms. The Morgan fingerprint density at radius 2 is 1.91 bits per heavy atom. The van der Waals surface area contributed by atoms with Crippen molar-refractivity contribution in [3.8, 4) is 10.8 Å². The van der Waals surface area contributed by atoms with Gasteiger partial charge in [-0.05, 0) is 38.5 Å². The molecule has 7 heteroatoms. The van der Waals surface area contributed by atoms with Crippen molar-refractivity contribution in [1.29, 1.82) is 0 Å². The summed E-state index contributed by atoms with van der Waals surface area (Å²) in [6.07, 6.45) is 0. The van der Waals surface area contributed by atoms with Gasteiger partial charge < -0.3 is 4.42 Å². The number of nitrogens with zero attached hydrogens (tertiary/aromatic N) is 3. The van der Waals surface area contributed by atoms with Gasteiger partial charge in [0.25, 0.3) is 11.1 Å². The number of aryl methyl sites for hydroxylation is 2. The number of halogens is 1. The van der Waals surface area contributed by atoms with Crippen LogP contribution in [0, 0.1) is 19.7 Å². The third-order valence-corrected chi connectivity index (χ3v) is 5.17. The summed E-state index contributed by atoms with van der Waals surface area (Å²) in [5.74, 6) is 0.258. The van der Waals surface area contributed by atoms with E-state index < -0.39 is 0 Å². The topological polar surface area (TPSA) is 51.8 Å². The second-order valence-electron chi connectivity index (χ2n) is 4.83. The van der Waals surface area contributed by atoms with Gasteiger partial charge in [-0.3, -0.25) is 0 Å². The quantitative estimate of drug-likeness (QED) is 0.641. The van der Waals surface area contributed by atoms with Crippen LogP contribution in [-0.2, 0) is 0 Å². The highest BCUT2D eigenvalue weighted by Crippen LogP contribution is 2.36. The van der Waals surface area contributed by atoms with Gasteiger partial charge in [0, 0.05) is 5.25 Å². The molecule has 1 unspecified atom stereocenters. The van der Waals surface area contributed by atoms with Crippen LogP contribution < -0.4 is 0 Å². The minimum atomic E-state index is -0.239. The molecule has 1 aromatic carbocycles. The van der Waals surface area contributed by atoms with Crippen LogP contribution in [-0.4, -0.2) is 15.2 Å². The first-order valence-corrected chi connectivity index (χ1v) is 8.42. The molecule has 0 saturated heterocycles. The van der Waals surface area contributed by atoms with E-state index in [1.54, 1.807) is 12.1 Å². The molecule has 0 bridgehead atoms. The van der Waals surface area contributed by atoms with E-state index in [9.17, 15) is 4.39 Å². The van der Waals surface area contributed by atoms with Gasteiger partial charge in [-0.1, -0.05) is 23.9 Å². The maximum Gasteiger partial charge on any atom is 0.277 e. The largest absolute Gasteiger partial charge is 0.410 e. The van der Waals surface area contributed by atoms with Crippen LogP contribution in [0.3, 0.4) is 0 Å². The van der Waals surface area contributed by atoms with Crippen molar-refractivity contribution in [2.75, 3.05) is 0 Å². The van der Waals surface area contributed by atoms with Crippen molar-refractivity contribution >= 4 is 23.1 Å². The number of hydrogen-bond acceptors (Lipinski definition) is 6. The summed E-state index contributed by atoms with van der Waals surface area (Å²) >= 11 is 2.99. The van der Waals surface area contributed by atoms with Gasteiger partial charge in [0.05, 0.1) is 10.7 Å². The number of thiazole rings is 1. The first kappa shape index (κ1) is 15.2. The smallest absolute Gasteiger partial charge is 0.277 e. The number of benzene rings is 1. The normalized spacial score (nSPS) is 12.5. The molecule has 0 amide bonds. The summed E-state index contributed by atoms with van der Waals surface area (Å²) in [6.45, 7) is 5.89. The second kappa shape index (κ2) is 6.18. The first-order chi connectivity index (χ1) is 10.5. The molecule has 2 heterocycles. The molecule has 0 fully saturated rings. The summed E-state index contributed by atoms with van der Waals surface area (Å²) in [6, 6.07) is 6.44. The van der Waals surface area contributed by atoms with E-state index in [0.717, 1.165) is 21.1 Å². The minimum absolute atomic E-state index is 0.0955. The van der Waals surface area contributed by atoms with Crippen molar-refractivity contribution in [3.63, 3.8) is 0 Å². The van der Waals surface area contributed by atoms with Gasteiger partial charge in [0.15, 0.2) is 0 Å². The highest BCUT2D eigenvalue weighted by molar-refractivity contribution is 7.99. The van der Waals surface area contributed by atoms with Crippen LogP contribution in [0.4, 0.5) is 4.39 Å². The van der Waals surface area contributed by atoms with Crippen molar-refractivity contribution < 1.29 is 8.81 Å². The number of hydrogen-bond donors (Lipinski definition) is 0. The molecule has 0 saturated carbocycles. The summed E-state index contributed by atoms with van der Waals surface area (Å²) in [5, 5.41) is 9.74. The Kier molecular flexibility index (Phi) is 4.26. The fraction of sp³-hybridized carbons (Fsp3) is 0.267. The van der Waals surface area contributed by atoms with E-state index >= 15 is 0 Å². The molecular formula is C15H14FN3OS2. The Balaban J connectivity index is 1.77. The van der Waals surface area contributed by atoms with Crippen LogP contribution in [0.25, 0.3) is 10.8 Å². The molecule has 0 N–H and O–H groups in total. The molecule has 0 radical (unpaired) electrons. The molecule has 3 rings (SSSR count). The van der Waals surface area contributed by atoms with Gasteiger partial charge in [-0.25, -0.2) is 9.37 Å². The van der Waals surface area contributed by atoms with Crippen molar-refractivity contribution in [3.05, 3.63) is 46.3 Å². The molecular weight excluding hydrogens is 321 g/mol. The highest BCUT2D eigenvalue weighted by atomic mass is 32.2. The van der Waals surface area contributed by atoms with Crippen molar-refractivity contribution in [2.45, 2.75) is 31.2 Å². The summed E-state index contributed by atoms with van der Waals surface area (Å²) in [4.78, 5) is 5.27.